The number of hydrogen-bond donors (Lipinski definition) is 0. The van der Waals surface area contributed by atoms with E-state index in [1.807, 2.05) is 67.6 Å². The second kappa shape index (κ2) is 6.97. The van der Waals surface area contributed by atoms with Crippen molar-refractivity contribution in [1.29, 1.82) is 0 Å². The van der Waals surface area contributed by atoms with Gasteiger partial charge in [0.1, 0.15) is 0 Å². The Balaban J connectivity index is 2.06. The van der Waals surface area contributed by atoms with E-state index in [1.54, 1.807) is 0 Å². The van der Waals surface area contributed by atoms with Gasteiger partial charge in [-0.15, -0.1) is 0 Å². The SMILES string of the molecule is CC1=C(/C(=C/c2ccccc2)CBr)[C@@H](c2ccccc2)OC1=O. The Hall–Kier alpha value is -2.13. The van der Waals surface area contributed by atoms with Gasteiger partial charge in [0.05, 0.1) is 0 Å². The molecule has 2 aromatic rings. The molecule has 1 aliphatic heterocycles. The minimum Gasteiger partial charge on any atom is -0.449 e. The summed E-state index contributed by atoms with van der Waals surface area (Å²) in [5.41, 5.74) is 4.80. The first-order valence-corrected chi connectivity index (χ1v) is 8.61. The topological polar surface area (TPSA) is 26.3 Å². The first-order chi connectivity index (χ1) is 11.2. The van der Waals surface area contributed by atoms with Gasteiger partial charge in [-0.05, 0) is 23.6 Å². The van der Waals surface area contributed by atoms with Gasteiger partial charge in [-0.25, -0.2) is 4.79 Å². The lowest BCUT2D eigenvalue weighted by Crippen LogP contribution is -2.05. The smallest absolute Gasteiger partial charge is 0.335 e. The van der Waals surface area contributed by atoms with Crippen molar-refractivity contribution in [3.05, 3.63) is 88.5 Å². The molecular formula is C20H17BrO2. The summed E-state index contributed by atoms with van der Waals surface area (Å²) in [4.78, 5) is 12.1. The third-order valence-corrected chi connectivity index (χ3v) is 4.53. The Kier molecular flexibility index (Phi) is 4.77. The molecule has 116 valence electrons. The van der Waals surface area contributed by atoms with E-state index in [0.717, 1.165) is 22.3 Å². The molecule has 0 amide bonds. The number of cyclic esters (lactones) is 1. The van der Waals surface area contributed by atoms with E-state index in [-0.39, 0.29) is 12.1 Å². The zero-order valence-electron chi connectivity index (χ0n) is 12.8. The van der Waals surface area contributed by atoms with Crippen molar-refractivity contribution in [2.75, 3.05) is 5.33 Å². The summed E-state index contributed by atoms with van der Waals surface area (Å²) in [6.45, 7) is 1.84. The van der Waals surface area contributed by atoms with Crippen LogP contribution >= 0.6 is 15.9 Å². The molecule has 0 N–H and O–H groups in total. The predicted molar refractivity (Wildman–Crippen MR) is 96.2 cm³/mol. The Labute approximate surface area is 144 Å². The van der Waals surface area contributed by atoms with E-state index < -0.39 is 0 Å². The fourth-order valence-electron chi connectivity index (χ4n) is 2.77. The molecule has 3 rings (SSSR count). The molecular weight excluding hydrogens is 352 g/mol. The van der Waals surface area contributed by atoms with Gasteiger partial charge in [0.25, 0.3) is 0 Å². The van der Waals surface area contributed by atoms with Crippen LogP contribution in [-0.2, 0) is 9.53 Å². The number of hydrogen-bond acceptors (Lipinski definition) is 2. The molecule has 0 fully saturated rings. The van der Waals surface area contributed by atoms with Crippen LogP contribution in [0.1, 0.15) is 24.2 Å². The minimum atomic E-state index is -0.337. The molecule has 1 atom stereocenters. The average molecular weight is 369 g/mol. The molecule has 0 bridgehead atoms. The van der Waals surface area contributed by atoms with Crippen molar-refractivity contribution < 1.29 is 9.53 Å². The maximum atomic E-state index is 12.1. The van der Waals surface area contributed by atoms with Crippen molar-refractivity contribution >= 4 is 28.0 Å². The molecule has 23 heavy (non-hydrogen) atoms. The molecule has 0 saturated carbocycles. The molecule has 0 saturated heterocycles. The average Bonchev–Trinajstić information content (AvgIpc) is 2.90. The third kappa shape index (κ3) is 3.30. The van der Waals surface area contributed by atoms with E-state index in [0.29, 0.717) is 10.9 Å². The van der Waals surface area contributed by atoms with Gasteiger partial charge in [-0.3, -0.25) is 0 Å². The van der Waals surface area contributed by atoms with Crippen molar-refractivity contribution in [2.24, 2.45) is 0 Å². The highest BCUT2D eigenvalue weighted by Gasteiger charge is 2.34. The van der Waals surface area contributed by atoms with Crippen LogP contribution in [0.15, 0.2) is 77.4 Å². The predicted octanol–water partition coefficient (Wildman–Crippen LogP) is 5.08. The normalized spacial score (nSPS) is 18.3. The van der Waals surface area contributed by atoms with Crippen LogP contribution in [0.4, 0.5) is 0 Å². The fraction of sp³-hybridized carbons (Fsp3) is 0.150. The number of rotatable bonds is 4. The standard InChI is InChI=1S/C20H17BrO2/c1-14-18(17(13-21)12-15-8-4-2-5-9-15)19(23-20(14)22)16-10-6-3-7-11-16/h2-12,19H,13H2,1H3/b17-12+/t19-/m1/s1. The number of carbonyl (C=O) groups excluding carboxylic acids is 1. The molecule has 0 aromatic heterocycles. The van der Waals surface area contributed by atoms with Gasteiger partial charge in [-0.2, -0.15) is 0 Å². The number of benzene rings is 2. The molecule has 3 heteroatoms. The van der Waals surface area contributed by atoms with Crippen LogP contribution in [0.3, 0.4) is 0 Å². The summed E-state index contributed by atoms with van der Waals surface area (Å²) in [6, 6.07) is 20.0. The monoisotopic (exact) mass is 368 g/mol. The van der Waals surface area contributed by atoms with E-state index >= 15 is 0 Å². The summed E-state index contributed by atoms with van der Waals surface area (Å²) >= 11 is 3.56. The van der Waals surface area contributed by atoms with E-state index in [4.69, 9.17) is 4.74 Å². The maximum absolute atomic E-state index is 12.1. The number of alkyl halides is 1. The summed E-state index contributed by atoms with van der Waals surface area (Å²) in [5.74, 6) is -0.242. The van der Waals surface area contributed by atoms with Gasteiger partial charge in [0, 0.05) is 16.5 Å². The van der Waals surface area contributed by atoms with Crippen LogP contribution in [0.5, 0.6) is 0 Å². The quantitative estimate of drug-likeness (QED) is 0.555. The van der Waals surface area contributed by atoms with Crippen LogP contribution in [0.25, 0.3) is 6.08 Å². The Morgan fingerprint density at radius 2 is 1.70 bits per heavy atom. The molecule has 2 aromatic carbocycles. The number of ether oxygens (including phenoxy) is 1. The lowest BCUT2D eigenvalue weighted by atomic mass is 9.93. The lowest BCUT2D eigenvalue weighted by molar-refractivity contribution is -0.139. The van der Waals surface area contributed by atoms with Gasteiger partial charge < -0.3 is 4.74 Å². The Bertz CT molecular complexity index is 761. The second-order valence-corrected chi connectivity index (χ2v) is 6.01. The van der Waals surface area contributed by atoms with Crippen LogP contribution in [0, 0.1) is 0 Å². The minimum absolute atomic E-state index is 0.242. The van der Waals surface area contributed by atoms with Gasteiger partial charge >= 0.3 is 5.97 Å². The molecule has 0 unspecified atom stereocenters. The first kappa shape index (κ1) is 15.8. The van der Waals surface area contributed by atoms with Crippen LogP contribution in [0.2, 0.25) is 0 Å². The highest BCUT2D eigenvalue weighted by Crippen LogP contribution is 2.40. The Morgan fingerprint density at radius 1 is 1.09 bits per heavy atom. The van der Waals surface area contributed by atoms with Gasteiger partial charge in [0.15, 0.2) is 6.10 Å². The Morgan fingerprint density at radius 3 is 2.30 bits per heavy atom. The van der Waals surface area contributed by atoms with Crippen LogP contribution in [-0.4, -0.2) is 11.3 Å². The molecule has 2 nitrogen and oxygen atoms in total. The zero-order valence-corrected chi connectivity index (χ0v) is 14.4. The second-order valence-electron chi connectivity index (χ2n) is 5.45. The zero-order chi connectivity index (χ0) is 16.2. The highest BCUT2D eigenvalue weighted by atomic mass is 79.9. The summed E-state index contributed by atoms with van der Waals surface area (Å²) in [7, 11) is 0. The molecule has 0 spiro atoms. The number of halogens is 1. The summed E-state index contributed by atoms with van der Waals surface area (Å²) < 4.78 is 5.62. The largest absolute Gasteiger partial charge is 0.449 e. The molecule has 0 radical (unpaired) electrons. The maximum Gasteiger partial charge on any atom is 0.335 e. The third-order valence-electron chi connectivity index (χ3n) is 3.93. The van der Waals surface area contributed by atoms with Gasteiger partial charge in [-0.1, -0.05) is 82.7 Å². The van der Waals surface area contributed by atoms with Crippen molar-refractivity contribution in [1.82, 2.24) is 0 Å². The summed E-state index contributed by atoms with van der Waals surface area (Å²) in [5, 5.41) is 0.661. The van der Waals surface area contributed by atoms with E-state index in [1.165, 1.54) is 0 Å². The van der Waals surface area contributed by atoms with Crippen molar-refractivity contribution in [3.8, 4) is 0 Å². The van der Waals surface area contributed by atoms with Gasteiger partial charge in [0.2, 0.25) is 0 Å². The van der Waals surface area contributed by atoms with E-state index in [9.17, 15) is 4.79 Å². The van der Waals surface area contributed by atoms with Crippen LogP contribution < -0.4 is 0 Å². The fourth-order valence-corrected chi connectivity index (χ4v) is 3.24. The number of esters is 1. The first-order valence-electron chi connectivity index (χ1n) is 7.49. The number of carbonyl (C=O) groups is 1. The van der Waals surface area contributed by atoms with Crippen molar-refractivity contribution in [3.63, 3.8) is 0 Å². The van der Waals surface area contributed by atoms with Crippen molar-refractivity contribution in [2.45, 2.75) is 13.0 Å². The summed E-state index contributed by atoms with van der Waals surface area (Å²) in [6.07, 6.45) is 1.77. The molecule has 1 heterocycles. The molecule has 0 aliphatic carbocycles. The molecule has 1 aliphatic rings. The lowest BCUT2D eigenvalue weighted by Gasteiger charge is -2.16. The van der Waals surface area contributed by atoms with E-state index in [2.05, 4.69) is 22.0 Å². The highest BCUT2D eigenvalue weighted by molar-refractivity contribution is 9.09.